The van der Waals surface area contributed by atoms with E-state index in [1.165, 1.54) is 16.7 Å². The summed E-state index contributed by atoms with van der Waals surface area (Å²) in [6.45, 7) is 4.41. The largest absolute Gasteiger partial charge is 0.241 e. The summed E-state index contributed by atoms with van der Waals surface area (Å²) in [7, 11) is 0. The predicted octanol–water partition coefficient (Wildman–Crippen LogP) is 3.44. The van der Waals surface area contributed by atoms with Crippen molar-refractivity contribution in [1.82, 2.24) is 9.97 Å². The molecule has 0 aliphatic heterocycles. The second-order valence-electron chi connectivity index (χ2n) is 5.42. The van der Waals surface area contributed by atoms with Crippen LogP contribution in [-0.2, 0) is 19.3 Å². The lowest BCUT2D eigenvalue weighted by Crippen LogP contribution is -2.10. The molecule has 0 fully saturated rings. The van der Waals surface area contributed by atoms with Crippen molar-refractivity contribution in [3.05, 3.63) is 47.4 Å². The summed E-state index contributed by atoms with van der Waals surface area (Å²) in [5, 5.41) is 0. The molecule has 0 saturated carbocycles. The van der Waals surface area contributed by atoms with E-state index < -0.39 is 0 Å². The van der Waals surface area contributed by atoms with E-state index in [2.05, 4.69) is 43.1 Å². The number of nitrogens with zero attached hydrogens (tertiary/aromatic N) is 2. The molecule has 2 nitrogen and oxygen atoms in total. The van der Waals surface area contributed by atoms with Gasteiger partial charge in [0.25, 0.3) is 0 Å². The summed E-state index contributed by atoms with van der Waals surface area (Å²) in [5.74, 6) is 1.57. The molecule has 0 saturated heterocycles. The van der Waals surface area contributed by atoms with Crippen molar-refractivity contribution in [3.8, 4) is 11.3 Å². The molecule has 92 valence electrons. The van der Waals surface area contributed by atoms with Crippen molar-refractivity contribution in [1.29, 1.82) is 0 Å². The second kappa shape index (κ2) is 4.52. The van der Waals surface area contributed by atoms with Crippen LogP contribution in [0, 0.1) is 5.92 Å². The first-order chi connectivity index (χ1) is 8.74. The van der Waals surface area contributed by atoms with Crippen molar-refractivity contribution in [2.45, 2.75) is 33.1 Å². The third kappa shape index (κ3) is 2.03. The number of hydrogen-bond donors (Lipinski definition) is 0. The molecule has 2 heteroatoms. The third-order valence-electron chi connectivity index (χ3n) is 3.44. The van der Waals surface area contributed by atoms with Gasteiger partial charge in [-0.1, -0.05) is 38.1 Å². The first kappa shape index (κ1) is 11.4. The van der Waals surface area contributed by atoms with Crippen LogP contribution in [0.25, 0.3) is 11.3 Å². The molecule has 1 heterocycles. The van der Waals surface area contributed by atoms with Crippen molar-refractivity contribution in [2.24, 2.45) is 5.92 Å². The summed E-state index contributed by atoms with van der Waals surface area (Å²) in [5.41, 5.74) is 5.16. The molecule has 0 amide bonds. The van der Waals surface area contributed by atoms with Crippen LogP contribution in [-0.4, -0.2) is 9.97 Å². The minimum atomic E-state index is 0.599. The zero-order valence-corrected chi connectivity index (χ0v) is 11.0. The Balaban J connectivity index is 2.07. The molecule has 1 aliphatic carbocycles. The first-order valence-electron chi connectivity index (χ1n) is 6.67. The highest BCUT2D eigenvalue weighted by Crippen LogP contribution is 2.31. The highest BCUT2D eigenvalue weighted by Gasteiger charge is 2.17. The highest BCUT2D eigenvalue weighted by atomic mass is 14.9. The third-order valence-corrected chi connectivity index (χ3v) is 3.44. The Hall–Kier alpha value is -1.70. The Morgan fingerprint density at radius 2 is 1.89 bits per heavy atom. The van der Waals surface area contributed by atoms with Gasteiger partial charge < -0.3 is 0 Å². The van der Waals surface area contributed by atoms with E-state index >= 15 is 0 Å². The normalized spacial score (nSPS) is 13.3. The van der Waals surface area contributed by atoms with Crippen molar-refractivity contribution in [3.63, 3.8) is 0 Å². The molecule has 2 aromatic rings. The summed E-state index contributed by atoms with van der Waals surface area (Å²) in [6, 6.07) is 8.60. The fourth-order valence-corrected chi connectivity index (χ4v) is 2.56. The van der Waals surface area contributed by atoms with Crippen LogP contribution in [0.1, 0.15) is 30.8 Å². The lowest BCUT2D eigenvalue weighted by atomic mass is 9.90. The van der Waals surface area contributed by atoms with E-state index in [1.807, 2.05) is 6.20 Å². The number of aryl methyl sites for hydroxylation is 2. The average Bonchev–Trinajstić information content (AvgIpc) is 2.38. The molecule has 3 rings (SSSR count). The quantitative estimate of drug-likeness (QED) is 0.801. The Labute approximate surface area is 108 Å². The van der Waals surface area contributed by atoms with Gasteiger partial charge in [0.05, 0.1) is 5.69 Å². The smallest absolute Gasteiger partial charge is 0.129 e. The Bertz CT molecular complexity index is 573. The van der Waals surface area contributed by atoms with E-state index in [-0.39, 0.29) is 0 Å². The van der Waals surface area contributed by atoms with Gasteiger partial charge in [-0.2, -0.15) is 0 Å². The van der Waals surface area contributed by atoms with Gasteiger partial charge in [0.15, 0.2) is 0 Å². The zero-order chi connectivity index (χ0) is 12.5. The monoisotopic (exact) mass is 238 g/mol. The highest BCUT2D eigenvalue weighted by molar-refractivity contribution is 5.69. The van der Waals surface area contributed by atoms with Crippen molar-refractivity contribution >= 4 is 0 Å². The molecule has 0 radical (unpaired) electrons. The van der Waals surface area contributed by atoms with Crippen molar-refractivity contribution in [2.75, 3.05) is 0 Å². The van der Waals surface area contributed by atoms with Gasteiger partial charge in [-0.3, -0.25) is 0 Å². The van der Waals surface area contributed by atoms with Crippen LogP contribution in [0.3, 0.4) is 0 Å². The Kier molecular flexibility index (Phi) is 2.86. The van der Waals surface area contributed by atoms with Crippen LogP contribution in [0.5, 0.6) is 0 Å². The summed E-state index contributed by atoms with van der Waals surface area (Å²) < 4.78 is 0. The number of aromatic nitrogens is 2. The van der Waals surface area contributed by atoms with E-state index in [9.17, 15) is 0 Å². The fraction of sp³-hybridized carbons (Fsp3) is 0.375. The minimum absolute atomic E-state index is 0.599. The van der Waals surface area contributed by atoms with E-state index in [0.717, 1.165) is 30.8 Å². The van der Waals surface area contributed by atoms with Crippen LogP contribution in [0.15, 0.2) is 30.5 Å². The van der Waals surface area contributed by atoms with Gasteiger partial charge in [-0.15, -0.1) is 0 Å². The Morgan fingerprint density at radius 1 is 1.11 bits per heavy atom. The lowest BCUT2D eigenvalue weighted by Gasteiger charge is -2.19. The minimum Gasteiger partial charge on any atom is -0.241 e. The molecule has 18 heavy (non-hydrogen) atoms. The number of rotatable bonds is 2. The maximum atomic E-state index is 4.78. The molecule has 1 aliphatic rings. The molecule has 0 bridgehead atoms. The Morgan fingerprint density at radius 3 is 2.72 bits per heavy atom. The average molecular weight is 238 g/mol. The standard InChI is InChI=1S/C16H18N2/c1-11(2)9-15-17-10-13-8-7-12-5-3-4-6-14(12)16(13)18-15/h3-6,10-11H,7-9H2,1-2H3. The topological polar surface area (TPSA) is 25.8 Å². The van der Waals surface area contributed by atoms with Gasteiger partial charge in [0.2, 0.25) is 0 Å². The molecule has 0 unspecified atom stereocenters. The van der Waals surface area contributed by atoms with E-state index in [1.54, 1.807) is 0 Å². The number of hydrogen-bond acceptors (Lipinski definition) is 2. The predicted molar refractivity (Wildman–Crippen MR) is 73.4 cm³/mol. The zero-order valence-electron chi connectivity index (χ0n) is 11.0. The fourth-order valence-electron chi connectivity index (χ4n) is 2.56. The summed E-state index contributed by atoms with van der Waals surface area (Å²) in [6.07, 6.45) is 5.15. The van der Waals surface area contributed by atoms with Gasteiger partial charge in [-0.05, 0) is 29.9 Å². The molecule has 1 aromatic carbocycles. The van der Waals surface area contributed by atoms with Gasteiger partial charge in [-0.25, -0.2) is 9.97 Å². The molecule has 1 aromatic heterocycles. The van der Waals surface area contributed by atoms with E-state index in [0.29, 0.717) is 5.92 Å². The van der Waals surface area contributed by atoms with Gasteiger partial charge in [0.1, 0.15) is 5.82 Å². The lowest BCUT2D eigenvalue weighted by molar-refractivity contribution is 0.619. The summed E-state index contributed by atoms with van der Waals surface area (Å²) in [4.78, 5) is 9.28. The molecule has 0 atom stereocenters. The molecule has 0 N–H and O–H groups in total. The maximum Gasteiger partial charge on any atom is 0.129 e. The molecular formula is C16H18N2. The first-order valence-corrected chi connectivity index (χ1v) is 6.67. The van der Waals surface area contributed by atoms with Crippen LogP contribution in [0.4, 0.5) is 0 Å². The molecular weight excluding hydrogens is 220 g/mol. The van der Waals surface area contributed by atoms with Gasteiger partial charge in [0, 0.05) is 18.2 Å². The van der Waals surface area contributed by atoms with Crippen LogP contribution < -0.4 is 0 Å². The van der Waals surface area contributed by atoms with Gasteiger partial charge >= 0.3 is 0 Å². The van der Waals surface area contributed by atoms with Crippen molar-refractivity contribution < 1.29 is 0 Å². The maximum absolute atomic E-state index is 4.78. The molecule has 0 spiro atoms. The summed E-state index contributed by atoms with van der Waals surface area (Å²) >= 11 is 0. The van der Waals surface area contributed by atoms with Crippen LogP contribution in [0.2, 0.25) is 0 Å². The SMILES string of the molecule is CC(C)Cc1ncc2c(n1)-c1ccccc1CC2. The number of fused-ring (bicyclic) bond motifs is 3. The number of benzene rings is 1. The van der Waals surface area contributed by atoms with Crippen LogP contribution >= 0.6 is 0 Å². The second-order valence-corrected chi connectivity index (χ2v) is 5.42. The van der Waals surface area contributed by atoms with E-state index in [4.69, 9.17) is 4.98 Å².